The third kappa shape index (κ3) is 3.70. The van der Waals surface area contributed by atoms with Crippen LogP contribution in [-0.4, -0.2) is 37.6 Å². The minimum absolute atomic E-state index is 0.0972. The Morgan fingerprint density at radius 1 is 1.37 bits per heavy atom. The molecular weight excluding hydrogens is 264 g/mol. The number of benzene rings is 1. The van der Waals surface area contributed by atoms with Crippen LogP contribution in [-0.2, 0) is 16.4 Å². The van der Waals surface area contributed by atoms with Crippen LogP contribution in [0.5, 0.6) is 0 Å². The van der Waals surface area contributed by atoms with Crippen LogP contribution in [0, 0.1) is 0 Å². The number of nitrogens with zero attached hydrogens (tertiary/aromatic N) is 4. The molecule has 1 aromatic carbocycles. The summed E-state index contributed by atoms with van der Waals surface area (Å²) in [5, 5.41) is 3.58. The minimum atomic E-state index is -3.26. The molecule has 0 amide bonds. The third-order valence-corrected chi connectivity index (χ3v) is 5.06. The standard InChI is InChI=1S/C12H16N4O2S/c13-15-14-12-6-8-16(10-12)19(17,18)9-7-11-4-2-1-3-5-11/h1-5,12H,6-10H2. The van der Waals surface area contributed by atoms with E-state index in [1.165, 1.54) is 4.31 Å². The average molecular weight is 280 g/mol. The summed E-state index contributed by atoms with van der Waals surface area (Å²) in [4.78, 5) is 2.73. The number of sulfonamides is 1. The summed E-state index contributed by atoms with van der Waals surface area (Å²) in [7, 11) is -3.26. The van der Waals surface area contributed by atoms with Gasteiger partial charge < -0.3 is 0 Å². The molecule has 1 unspecified atom stereocenters. The number of azide groups is 1. The Labute approximate surface area is 112 Å². The first kappa shape index (κ1) is 13.9. The summed E-state index contributed by atoms with van der Waals surface area (Å²) in [5.74, 6) is 0.0972. The first-order valence-corrected chi connectivity index (χ1v) is 7.79. The zero-order chi connectivity index (χ0) is 13.7. The van der Waals surface area contributed by atoms with Crippen LogP contribution in [0.1, 0.15) is 12.0 Å². The first-order valence-electron chi connectivity index (χ1n) is 6.18. The fourth-order valence-corrected chi connectivity index (χ4v) is 3.69. The highest BCUT2D eigenvalue weighted by molar-refractivity contribution is 7.89. The van der Waals surface area contributed by atoms with Gasteiger partial charge in [-0.3, -0.25) is 0 Å². The Morgan fingerprint density at radius 3 is 2.79 bits per heavy atom. The van der Waals surface area contributed by atoms with Crippen LogP contribution >= 0.6 is 0 Å². The molecule has 0 aliphatic carbocycles. The topological polar surface area (TPSA) is 86.1 Å². The Bertz CT molecular complexity index is 567. The van der Waals surface area contributed by atoms with Crippen LogP contribution in [0.4, 0.5) is 0 Å². The molecule has 0 radical (unpaired) electrons. The van der Waals surface area contributed by atoms with Gasteiger partial charge in [-0.1, -0.05) is 35.4 Å². The summed E-state index contributed by atoms with van der Waals surface area (Å²) in [6.07, 6.45) is 1.11. The highest BCUT2D eigenvalue weighted by Crippen LogP contribution is 2.17. The molecule has 1 aliphatic heterocycles. The van der Waals surface area contributed by atoms with E-state index in [4.69, 9.17) is 5.53 Å². The van der Waals surface area contributed by atoms with Crippen LogP contribution in [0.15, 0.2) is 35.4 Å². The molecular formula is C12H16N4O2S. The van der Waals surface area contributed by atoms with Gasteiger partial charge in [-0.15, -0.1) is 0 Å². The second-order valence-corrected chi connectivity index (χ2v) is 6.65. The van der Waals surface area contributed by atoms with Crippen molar-refractivity contribution in [2.45, 2.75) is 18.9 Å². The maximum absolute atomic E-state index is 12.1. The molecule has 1 heterocycles. The molecule has 0 spiro atoms. The van der Waals surface area contributed by atoms with E-state index in [9.17, 15) is 8.42 Å². The van der Waals surface area contributed by atoms with Crippen LogP contribution < -0.4 is 0 Å². The van der Waals surface area contributed by atoms with Gasteiger partial charge in [-0.2, -0.15) is 0 Å². The lowest BCUT2D eigenvalue weighted by molar-refractivity contribution is 0.472. The molecule has 1 saturated heterocycles. The van der Waals surface area contributed by atoms with E-state index < -0.39 is 10.0 Å². The van der Waals surface area contributed by atoms with E-state index in [1.54, 1.807) is 0 Å². The third-order valence-electron chi connectivity index (χ3n) is 3.23. The second-order valence-electron chi connectivity index (χ2n) is 4.56. The molecule has 1 aliphatic rings. The number of rotatable bonds is 5. The highest BCUT2D eigenvalue weighted by atomic mass is 32.2. The lowest BCUT2D eigenvalue weighted by Gasteiger charge is -2.15. The largest absolute Gasteiger partial charge is 0.214 e. The van der Waals surface area contributed by atoms with E-state index in [-0.39, 0.29) is 11.8 Å². The first-order chi connectivity index (χ1) is 9.12. The quantitative estimate of drug-likeness (QED) is 0.469. The lowest BCUT2D eigenvalue weighted by Crippen LogP contribution is -2.32. The summed E-state index contributed by atoms with van der Waals surface area (Å²) >= 11 is 0. The SMILES string of the molecule is [N-]=[N+]=NC1CCN(S(=O)(=O)CCc2ccccc2)C1. The van der Waals surface area contributed by atoms with Crippen LogP contribution in [0.25, 0.3) is 10.4 Å². The Balaban J connectivity index is 1.94. The van der Waals surface area contributed by atoms with Gasteiger partial charge in [0.25, 0.3) is 0 Å². The van der Waals surface area contributed by atoms with Crippen molar-refractivity contribution >= 4 is 10.0 Å². The normalized spacial score (nSPS) is 20.1. The van der Waals surface area contributed by atoms with Crippen molar-refractivity contribution < 1.29 is 8.42 Å². The van der Waals surface area contributed by atoms with Crippen molar-refractivity contribution in [1.29, 1.82) is 0 Å². The van der Waals surface area contributed by atoms with Crippen molar-refractivity contribution in [1.82, 2.24) is 4.31 Å². The predicted octanol–water partition coefficient (Wildman–Crippen LogP) is 1.94. The molecule has 6 nitrogen and oxygen atoms in total. The highest BCUT2D eigenvalue weighted by Gasteiger charge is 2.30. The summed E-state index contributed by atoms with van der Waals surface area (Å²) in [6, 6.07) is 9.31. The fraction of sp³-hybridized carbons (Fsp3) is 0.500. The van der Waals surface area contributed by atoms with Gasteiger partial charge in [0.15, 0.2) is 0 Å². The van der Waals surface area contributed by atoms with E-state index in [0.29, 0.717) is 25.9 Å². The average Bonchev–Trinajstić information content (AvgIpc) is 2.88. The van der Waals surface area contributed by atoms with Crippen molar-refractivity contribution in [3.8, 4) is 0 Å². The van der Waals surface area contributed by atoms with Gasteiger partial charge >= 0.3 is 0 Å². The second kappa shape index (κ2) is 6.06. The summed E-state index contributed by atoms with van der Waals surface area (Å²) < 4.78 is 25.7. The molecule has 102 valence electrons. The molecule has 1 atom stereocenters. The molecule has 7 heteroatoms. The zero-order valence-electron chi connectivity index (χ0n) is 10.5. The van der Waals surface area contributed by atoms with Gasteiger partial charge in [0, 0.05) is 18.0 Å². The van der Waals surface area contributed by atoms with Gasteiger partial charge in [-0.25, -0.2) is 12.7 Å². The Kier molecular flexibility index (Phi) is 4.42. The van der Waals surface area contributed by atoms with E-state index >= 15 is 0 Å². The molecule has 0 aromatic heterocycles. The van der Waals surface area contributed by atoms with Crippen molar-refractivity contribution in [2.75, 3.05) is 18.8 Å². The van der Waals surface area contributed by atoms with Gasteiger partial charge in [0.05, 0.1) is 11.8 Å². The molecule has 19 heavy (non-hydrogen) atoms. The molecule has 2 rings (SSSR count). The van der Waals surface area contributed by atoms with E-state index in [2.05, 4.69) is 10.0 Å². The number of aryl methyl sites for hydroxylation is 1. The predicted molar refractivity (Wildman–Crippen MR) is 73.1 cm³/mol. The molecule has 1 fully saturated rings. The lowest BCUT2D eigenvalue weighted by atomic mass is 10.2. The van der Waals surface area contributed by atoms with Crippen LogP contribution in [0.3, 0.4) is 0 Å². The fourth-order valence-electron chi connectivity index (χ4n) is 2.15. The molecule has 0 bridgehead atoms. The molecule has 0 N–H and O–H groups in total. The maximum atomic E-state index is 12.1. The van der Waals surface area contributed by atoms with Crippen molar-refractivity contribution in [3.05, 3.63) is 46.3 Å². The maximum Gasteiger partial charge on any atom is 0.214 e. The summed E-state index contributed by atoms with van der Waals surface area (Å²) in [5.41, 5.74) is 9.37. The Hall–Kier alpha value is -1.56. The van der Waals surface area contributed by atoms with Gasteiger partial charge in [0.2, 0.25) is 10.0 Å². The zero-order valence-corrected chi connectivity index (χ0v) is 11.3. The summed E-state index contributed by atoms with van der Waals surface area (Å²) in [6.45, 7) is 0.752. The van der Waals surface area contributed by atoms with Crippen LogP contribution in [0.2, 0.25) is 0 Å². The van der Waals surface area contributed by atoms with Gasteiger partial charge in [0.1, 0.15) is 0 Å². The monoisotopic (exact) mass is 280 g/mol. The van der Waals surface area contributed by atoms with Crippen molar-refractivity contribution in [2.24, 2.45) is 5.11 Å². The molecule has 0 saturated carbocycles. The number of hydrogen-bond acceptors (Lipinski definition) is 3. The van der Waals surface area contributed by atoms with Gasteiger partial charge in [-0.05, 0) is 23.9 Å². The van der Waals surface area contributed by atoms with E-state index in [0.717, 1.165) is 5.56 Å². The molecule has 1 aromatic rings. The Morgan fingerprint density at radius 2 is 2.11 bits per heavy atom. The smallest absolute Gasteiger partial charge is 0.212 e. The minimum Gasteiger partial charge on any atom is -0.212 e. The van der Waals surface area contributed by atoms with Crippen molar-refractivity contribution in [3.63, 3.8) is 0 Å². The van der Waals surface area contributed by atoms with E-state index in [1.807, 2.05) is 30.3 Å². The number of hydrogen-bond donors (Lipinski definition) is 0.